The van der Waals surface area contributed by atoms with Crippen molar-refractivity contribution in [2.75, 3.05) is 26.7 Å². The molecule has 0 saturated carbocycles. The minimum atomic E-state index is 0.0874. The van der Waals surface area contributed by atoms with Crippen LogP contribution in [0, 0.1) is 6.92 Å². The number of aromatic nitrogens is 1. The number of halogens is 1. The van der Waals surface area contributed by atoms with E-state index in [9.17, 15) is 4.79 Å². The minimum absolute atomic E-state index is 0.0874. The van der Waals surface area contributed by atoms with Crippen molar-refractivity contribution in [1.29, 1.82) is 0 Å². The number of nitrogens with zero attached hydrogens (tertiary/aromatic N) is 4. The van der Waals surface area contributed by atoms with E-state index in [1.54, 1.807) is 13.3 Å². The number of carbonyl (C=O) groups is 1. The quantitative estimate of drug-likeness (QED) is 0.566. The third-order valence-corrected chi connectivity index (χ3v) is 4.73. The minimum Gasteiger partial charge on any atom is -0.473 e. The topological polar surface area (TPSA) is 58.0 Å². The molecular weight excluding hydrogens is 372 g/mol. The lowest BCUT2D eigenvalue weighted by molar-refractivity contribution is -0.130. The molecule has 0 atom stereocenters. The summed E-state index contributed by atoms with van der Waals surface area (Å²) in [5.41, 5.74) is 1.65. The highest BCUT2D eigenvalue weighted by atomic mass is 79.9. The van der Waals surface area contributed by atoms with Crippen molar-refractivity contribution in [2.45, 2.75) is 39.7 Å². The molecule has 0 unspecified atom stereocenters. The van der Waals surface area contributed by atoms with Gasteiger partial charge in [-0.3, -0.25) is 4.79 Å². The predicted molar refractivity (Wildman–Crippen MR) is 99.0 cm³/mol. The fourth-order valence-corrected chi connectivity index (χ4v) is 2.85. The Labute approximate surface area is 152 Å². The van der Waals surface area contributed by atoms with Crippen LogP contribution >= 0.6 is 15.9 Å². The number of hydrogen-bond donors (Lipinski definition) is 0. The molecule has 1 aliphatic rings. The highest BCUT2D eigenvalue weighted by molar-refractivity contribution is 9.10. The van der Waals surface area contributed by atoms with Gasteiger partial charge in [-0.15, -0.1) is 0 Å². The largest absolute Gasteiger partial charge is 0.473 e. The third kappa shape index (κ3) is 4.93. The Hall–Kier alpha value is -1.63. The van der Waals surface area contributed by atoms with Crippen molar-refractivity contribution in [3.05, 3.63) is 16.2 Å². The van der Waals surface area contributed by atoms with Gasteiger partial charge in [-0.2, -0.15) is 0 Å². The van der Waals surface area contributed by atoms with Crippen molar-refractivity contribution in [2.24, 2.45) is 4.99 Å². The predicted octanol–water partition coefficient (Wildman–Crippen LogP) is 3.15. The summed E-state index contributed by atoms with van der Waals surface area (Å²) in [5.74, 6) is 0.722. The van der Waals surface area contributed by atoms with Crippen molar-refractivity contribution in [3.63, 3.8) is 0 Å². The lowest BCUT2D eigenvalue weighted by atomic mass is 10.1. The fourth-order valence-electron chi connectivity index (χ4n) is 2.45. The second-order valence-electron chi connectivity index (χ2n) is 6.02. The first-order valence-electron chi connectivity index (χ1n) is 8.24. The molecule has 0 N–H and O–H groups in total. The number of aliphatic imine (C=N–C) groups is 1. The van der Waals surface area contributed by atoms with Gasteiger partial charge in [0.25, 0.3) is 0 Å². The molecule has 0 aromatic carbocycles. The molecule has 7 heteroatoms. The van der Waals surface area contributed by atoms with Gasteiger partial charge in [-0.1, -0.05) is 0 Å². The van der Waals surface area contributed by atoms with Crippen LogP contribution in [0.3, 0.4) is 0 Å². The second kappa shape index (κ2) is 8.46. The number of carbonyl (C=O) groups excluding carboxylic acids is 1. The van der Waals surface area contributed by atoms with Crippen LogP contribution in [0.4, 0.5) is 5.69 Å². The lowest BCUT2D eigenvalue weighted by Crippen LogP contribution is -2.40. The van der Waals surface area contributed by atoms with Crippen LogP contribution in [0.25, 0.3) is 0 Å². The summed E-state index contributed by atoms with van der Waals surface area (Å²) in [7, 11) is 1.98. The van der Waals surface area contributed by atoms with Crippen LogP contribution in [-0.4, -0.2) is 59.8 Å². The van der Waals surface area contributed by atoms with Crippen LogP contribution in [-0.2, 0) is 4.79 Å². The summed E-state index contributed by atoms with van der Waals surface area (Å²) in [6.45, 7) is 7.98. The first kappa shape index (κ1) is 18.7. The highest BCUT2D eigenvalue weighted by Gasteiger charge is 2.23. The van der Waals surface area contributed by atoms with Crippen molar-refractivity contribution >= 4 is 33.9 Å². The summed E-state index contributed by atoms with van der Waals surface area (Å²) < 4.78 is 6.84. The van der Waals surface area contributed by atoms with Gasteiger partial charge in [0.2, 0.25) is 11.8 Å². The summed E-state index contributed by atoms with van der Waals surface area (Å²) in [5, 5.41) is 0. The van der Waals surface area contributed by atoms with E-state index in [0.717, 1.165) is 48.3 Å². The van der Waals surface area contributed by atoms with E-state index in [4.69, 9.17) is 4.74 Å². The number of aryl methyl sites for hydroxylation is 1. The highest BCUT2D eigenvalue weighted by Crippen LogP contribution is 2.31. The summed E-state index contributed by atoms with van der Waals surface area (Å²) >= 11 is 3.53. The molecule has 6 nitrogen and oxygen atoms in total. The maximum Gasteiger partial charge on any atom is 0.228 e. The van der Waals surface area contributed by atoms with Crippen molar-refractivity contribution in [3.8, 4) is 5.88 Å². The van der Waals surface area contributed by atoms with E-state index < -0.39 is 0 Å². The van der Waals surface area contributed by atoms with E-state index in [0.29, 0.717) is 5.88 Å². The molecule has 1 saturated heterocycles. The van der Waals surface area contributed by atoms with Gasteiger partial charge >= 0.3 is 0 Å². The first-order chi connectivity index (χ1) is 11.4. The Balaban J connectivity index is 2.03. The zero-order valence-electron chi connectivity index (χ0n) is 14.8. The van der Waals surface area contributed by atoms with Gasteiger partial charge in [0.1, 0.15) is 6.10 Å². The third-order valence-electron chi connectivity index (χ3n) is 4.17. The number of rotatable bonds is 5. The average Bonchev–Trinajstić information content (AvgIpc) is 2.56. The van der Waals surface area contributed by atoms with E-state index in [2.05, 4.69) is 32.8 Å². The Bertz CT molecular complexity index is 613. The molecule has 0 radical (unpaired) electrons. The standard InChI is InChI=1S/C17H25BrN4O2/c1-5-21(4)11-19-16-10-15(18)17(20-12(16)2)24-14-6-8-22(9-7-14)13(3)23/h10-11,14H,5-9H2,1-4H3/b19-11+. The van der Waals surface area contributed by atoms with Crippen LogP contribution < -0.4 is 4.74 Å². The Kier molecular flexibility index (Phi) is 6.60. The smallest absolute Gasteiger partial charge is 0.228 e. The molecule has 1 aromatic heterocycles. The number of pyridine rings is 1. The molecule has 1 fully saturated rings. The molecule has 24 heavy (non-hydrogen) atoms. The molecule has 0 aliphatic carbocycles. The molecule has 2 rings (SSSR count). The average molecular weight is 397 g/mol. The second-order valence-corrected chi connectivity index (χ2v) is 6.88. The zero-order chi connectivity index (χ0) is 17.7. The van der Waals surface area contributed by atoms with Crippen LogP contribution in [0.15, 0.2) is 15.5 Å². The van der Waals surface area contributed by atoms with Crippen LogP contribution in [0.5, 0.6) is 5.88 Å². The number of piperidine rings is 1. The number of amides is 1. The maximum absolute atomic E-state index is 11.4. The van der Waals surface area contributed by atoms with Gasteiger partial charge in [-0.05, 0) is 35.8 Å². The number of likely N-dealkylation sites (tertiary alicyclic amines) is 1. The molecule has 1 amide bonds. The molecule has 2 heterocycles. The van der Waals surface area contributed by atoms with Crippen molar-refractivity contribution in [1.82, 2.24) is 14.8 Å². The Morgan fingerprint density at radius 3 is 2.79 bits per heavy atom. The van der Waals surface area contributed by atoms with Gasteiger partial charge in [0, 0.05) is 46.4 Å². The lowest BCUT2D eigenvalue weighted by Gasteiger charge is -2.31. The van der Waals surface area contributed by atoms with Gasteiger partial charge in [-0.25, -0.2) is 9.98 Å². The van der Waals surface area contributed by atoms with Gasteiger partial charge in [0.05, 0.1) is 22.2 Å². The van der Waals surface area contributed by atoms with Crippen molar-refractivity contribution < 1.29 is 9.53 Å². The summed E-state index contributed by atoms with van der Waals surface area (Å²) in [4.78, 5) is 24.2. The summed E-state index contributed by atoms with van der Waals surface area (Å²) in [6, 6.07) is 1.93. The van der Waals surface area contributed by atoms with E-state index in [1.165, 1.54) is 0 Å². The van der Waals surface area contributed by atoms with E-state index >= 15 is 0 Å². The number of ether oxygens (including phenoxy) is 1. The Morgan fingerprint density at radius 1 is 1.54 bits per heavy atom. The number of hydrogen-bond acceptors (Lipinski definition) is 4. The molecule has 0 spiro atoms. The zero-order valence-corrected chi connectivity index (χ0v) is 16.3. The van der Waals surface area contributed by atoms with E-state index in [-0.39, 0.29) is 12.0 Å². The monoisotopic (exact) mass is 396 g/mol. The van der Waals surface area contributed by atoms with E-state index in [1.807, 2.05) is 29.8 Å². The molecule has 1 aromatic rings. The Morgan fingerprint density at radius 2 is 2.21 bits per heavy atom. The molecule has 1 aliphatic heterocycles. The van der Waals surface area contributed by atoms with Gasteiger partial charge < -0.3 is 14.5 Å². The molecular formula is C17H25BrN4O2. The van der Waals surface area contributed by atoms with Crippen LogP contribution in [0.2, 0.25) is 0 Å². The fraction of sp³-hybridized carbons (Fsp3) is 0.588. The normalized spacial score (nSPS) is 15.8. The van der Waals surface area contributed by atoms with Gasteiger partial charge in [0.15, 0.2) is 0 Å². The molecule has 132 valence electrons. The van der Waals surface area contributed by atoms with Crippen LogP contribution in [0.1, 0.15) is 32.4 Å². The molecule has 0 bridgehead atoms. The summed E-state index contributed by atoms with van der Waals surface area (Å²) in [6.07, 6.45) is 3.54. The SMILES string of the molecule is CCN(C)/C=N/c1cc(Br)c(OC2CCN(C(C)=O)CC2)nc1C. The first-order valence-corrected chi connectivity index (χ1v) is 9.03. The maximum atomic E-state index is 11.4.